The molecule has 0 fully saturated rings. The summed E-state index contributed by atoms with van der Waals surface area (Å²) in [5.41, 5.74) is 0.868. The number of thiophene rings is 1. The quantitative estimate of drug-likeness (QED) is 0.754. The van der Waals surface area contributed by atoms with Crippen LogP contribution in [0.3, 0.4) is 0 Å². The van der Waals surface area contributed by atoms with Crippen molar-refractivity contribution in [3.05, 3.63) is 52.2 Å². The number of ether oxygens (including phenoxy) is 2. The lowest BCUT2D eigenvalue weighted by Crippen LogP contribution is -2.28. The number of methoxy groups -OCH3 is 1. The maximum atomic E-state index is 11.7. The smallest absolute Gasteiger partial charge is 0.306 e. The maximum Gasteiger partial charge on any atom is 0.306 e. The van der Waals surface area contributed by atoms with Gasteiger partial charge >= 0.3 is 5.97 Å². The first-order valence-electron chi connectivity index (χ1n) is 7.25. The predicted molar refractivity (Wildman–Crippen MR) is 88.4 cm³/mol. The fraction of sp³-hybridized carbons (Fsp3) is 0.294. The third-order valence-electron chi connectivity index (χ3n) is 3.19. The van der Waals surface area contributed by atoms with Gasteiger partial charge in [0.05, 0.1) is 13.5 Å². The van der Waals surface area contributed by atoms with Crippen molar-refractivity contribution in [1.82, 2.24) is 5.32 Å². The highest BCUT2D eigenvalue weighted by Crippen LogP contribution is 2.16. The molecule has 0 atom stereocenters. The van der Waals surface area contributed by atoms with Gasteiger partial charge in [-0.25, -0.2) is 0 Å². The number of carbonyl (C=O) groups is 2. The minimum absolute atomic E-state index is 0.265. The third kappa shape index (κ3) is 5.75. The zero-order chi connectivity index (χ0) is 16.5. The van der Waals surface area contributed by atoms with Crippen molar-refractivity contribution in [3.8, 4) is 5.75 Å². The van der Waals surface area contributed by atoms with Gasteiger partial charge in [-0.15, -0.1) is 11.3 Å². The van der Waals surface area contributed by atoms with Crippen LogP contribution in [0.1, 0.15) is 16.9 Å². The zero-order valence-electron chi connectivity index (χ0n) is 12.9. The van der Waals surface area contributed by atoms with Crippen LogP contribution in [0.15, 0.2) is 41.8 Å². The van der Waals surface area contributed by atoms with Crippen molar-refractivity contribution < 1.29 is 19.1 Å². The first-order chi connectivity index (χ1) is 11.2. The van der Waals surface area contributed by atoms with E-state index in [2.05, 4.69) is 5.32 Å². The molecule has 0 aliphatic heterocycles. The van der Waals surface area contributed by atoms with E-state index in [1.54, 1.807) is 18.4 Å². The van der Waals surface area contributed by atoms with Gasteiger partial charge in [-0.1, -0.05) is 24.3 Å². The summed E-state index contributed by atoms with van der Waals surface area (Å²) in [5, 5.41) is 4.67. The number of rotatable bonds is 8. The molecule has 0 aliphatic rings. The van der Waals surface area contributed by atoms with E-state index in [1.165, 1.54) is 0 Å². The van der Waals surface area contributed by atoms with E-state index in [0.29, 0.717) is 18.7 Å². The van der Waals surface area contributed by atoms with Crippen LogP contribution in [0.4, 0.5) is 0 Å². The maximum absolute atomic E-state index is 11.7. The highest BCUT2D eigenvalue weighted by Gasteiger charge is 2.09. The van der Waals surface area contributed by atoms with Crippen LogP contribution in [0.2, 0.25) is 0 Å². The lowest BCUT2D eigenvalue weighted by Gasteiger charge is -2.09. The van der Waals surface area contributed by atoms with Gasteiger partial charge in [-0.3, -0.25) is 9.59 Å². The Balaban J connectivity index is 1.67. The molecule has 2 rings (SSSR count). The molecular weight excluding hydrogens is 314 g/mol. The number of carbonyl (C=O) groups excluding carboxylic acids is 2. The molecule has 23 heavy (non-hydrogen) atoms. The first-order valence-corrected chi connectivity index (χ1v) is 8.13. The topological polar surface area (TPSA) is 64.6 Å². The summed E-state index contributed by atoms with van der Waals surface area (Å²) in [4.78, 5) is 24.5. The molecule has 0 saturated carbocycles. The van der Waals surface area contributed by atoms with Gasteiger partial charge < -0.3 is 14.8 Å². The van der Waals surface area contributed by atoms with Crippen molar-refractivity contribution in [2.75, 3.05) is 13.7 Å². The molecule has 122 valence electrons. The Morgan fingerprint density at radius 2 is 2.00 bits per heavy atom. The summed E-state index contributed by atoms with van der Waals surface area (Å²) in [6.45, 7) is 0.0635. The Bertz CT molecular complexity index is 640. The molecule has 1 N–H and O–H groups in total. The van der Waals surface area contributed by atoms with Crippen LogP contribution in [-0.2, 0) is 27.3 Å². The van der Waals surface area contributed by atoms with Crippen molar-refractivity contribution in [2.24, 2.45) is 0 Å². The number of aryl methyl sites for hydroxylation is 1. The van der Waals surface area contributed by atoms with Crippen LogP contribution in [-0.4, -0.2) is 25.6 Å². The highest BCUT2D eigenvalue weighted by atomic mass is 32.1. The summed E-state index contributed by atoms with van der Waals surface area (Å²) in [7, 11) is 1.58. The molecule has 1 amide bonds. The molecule has 1 aromatic heterocycles. The number of hydrogen-bond acceptors (Lipinski definition) is 5. The Morgan fingerprint density at radius 1 is 1.17 bits per heavy atom. The second-order valence-electron chi connectivity index (χ2n) is 4.83. The van der Waals surface area contributed by atoms with E-state index < -0.39 is 0 Å². The van der Waals surface area contributed by atoms with E-state index in [1.807, 2.05) is 41.8 Å². The Kier molecular flexibility index (Phi) is 6.62. The molecule has 0 unspecified atom stereocenters. The van der Waals surface area contributed by atoms with Crippen molar-refractivity contribution in [1.29, 1.82) is 0 Å². The number of nitrogens with one attached hydrogen (secondary N) is 1. The molecule has 0 radical (unpaired) electrons. The van der Waals surface area contributed by atoms with Crippen LogP contribution < -0.4 is 10.1 Å². The Labute approximate surface area is 139 Å². The first kappa shape index (κ1) is 17.0. The van der Waals surface area contributed by atoms with Gasteiger partial charge in [-0.2, -0.15) is 0 Å². The molecule has 0 spiro atoms. The average Bonchev–Trinajstić information content (AvgIpc) is 3.10. The summed E-state index contributed by atoms with van der Waals surface area (Å²) in [6, 6.07) is 11.3. The molecule has 1 aromatic carbocycles. The zero-order valence-corrected chi connectivity index (χ0v) is 13.7. The number of para-hydroxylation sites is 1. The average molecular weight is 333 g/mol. The van der Waals surface area contributed by atoms with Gasteiger partial charge in [0.25, 0.3) is 5.91 Å². The molecule has 0 saturated heterocycles. The van der Waals surface area contributed by atoms with E-state index in [4.69, 9.17) is 9.47 Å². The van der Waals surface area contributed by atoms with Crippen LogP contribution in [0.25, 0.3) is 0 Å². The summed E-state index contributed by atoms with van der Waals surface area (Å²) < 4.78 is 10.2. The largest absolute Gasteiger partial charge is 0.496 e. The number of hydrogen-bond donors (Lipinski definition) is 1. The Morgan fingerprint density at radius 3 is 2.74 bits per heavy atom. The Hall–Kier alpha value is -2.34. The van der Waals surface area contributed by atoms with Crippen molar-refractivity contribution in [2.45, 2.75) is 19.4 Å². The lowest BCUT2D eigenvalue weighted by atomic mass is 10.2. The monoisotopic (exact) mass is 333 g/mol. The van der Waals surface area contributed by atoms with Gasteiger partial charge in [0.15, 0.2) is 6.61 Å². The molecule has 5 nitrogen and oxygen atoms in total. The lowest BCUT2D eigenvalue weighted by molar-refractivity contribution is -0.148. The standard InChI is InChI=1S/C17H19NO4S/c1-21-15-7-3-2-5-13(15)11-18-16(19)12-22-17(20)9-8-14-6-4-10-23-14/h2-7,10H,8-9,11-12H2,1H3,(H,18,19). The third-order valence-corrected chi connectivity index (χ3v) is 4.12. The van der Waals surface area contributed by atoms with Gasteiger partial charge in [0, 0.05) is 17.0 Å². The fourth-order valence-electron chi connectivity index (χ4n) is 1.99. The molecular formula is C17H19NO4S. The molecule has 2 aromatic rings. The molecule has 0 bridgehead atoms. The highest BCUT2D eigenvalue weighted by molar-refractivity contribution is 7.09. The van der Waals surface area contributed by atoms with Gasteiger partial charge in [-0.05, 0) is 23.9 Å². The van der Waals surface area contributed by atoms with Crippen LogP contribution >= 0.6 is 11.3 Å². The van der Waals surface area contributed by atoms with E-state index in [0.717, 1.165) is 10.4 Å². The molecule has 0 aliphatic carbocycles. The number of amides is 1. The van der Waals surface area contributed by atoms with Crippen molar-refractivity contribution in [3.63, 3.8) is 0 Å². The minimum atomic E-state index is -0.370. The molecule has 6 heteroatoms. The van der Waals surface area contributed by atoms with Crippen LogP contribution in [0, 0.1) is 0 Å². The second kappa shape index (κ2) is 8.95. The minimum Gasteiger partial charge on any atom is -0.496 e. The van der Waals surface area contributed by atoms with Crippen molar-refractivity contribution >= 4 is 23.2 Å². The normalized spacial score (nSPS) is 10.1. The van der Waals surface area contributed by atoms with Gasteiger partial charge in [0.1, 0.15) is 5.75 Å². The van der Waals surface area contributed by atoms with E-state index in [9.17, 15) is 9.59 Å². The number of esters is 1. The van der Waals surface area contributed by atoms with Crippen LogP contribution in [0.5, 0.6) is 5.75 Å². The predicted octanol–water partition coefficient (Wildman–Crippen LogP) is 2.55. The summed E-state index contributed by atoms with van der Waals surface area (Å²) in [6.07, 6.45) is 0.916. The van der Waals surface area contributed by atoms with E-state index >= 15 is 0 Å². The van der Waals surface area contributed by atoms with E-state index in [-0.39, 0.29) is 24.9 Å². The number of benzene rings is 1. The fourth-order valence-corrected chi connectivity index (χ4v) is 2.70. The molecule has 1 heterocycles. The van der Waals surface area contributed by atoms with Gasteiger partial charge in [0.2, 0.25) is 0 Å². The summed E-state index contributed by atoms with van der Waals surface area (Å²) in [5.74, 6) is 0.00645. The SMILES string of the molecule is COc1ccccc1CNC(=O)COC(=O)CCc1cccs1. The summed E-state index contributed by atoms with van der Waals surface area (Å²) >= 11 is 1.60. The second-order valence-corrected chi connectivity index (χ2v) is 5.86.